The topological polar surface area (TPSA) is 23.6 Å². The van der Waals surface area contributed by atoms with E-state index in [9.17, 15) is 4.79 Å². The van der Waals surface area contributed by atoms with E-state index in [1.807, 2.05) is 0 Å². The predicted octanol–water partition coefficient (Wildman–Crippen LogP) is 2.81. The van der Waals surface area contributed by atoms with Gasteiger partial charge in [0.15, 0.2) is 5.78 Å². The Balaban J connectivity index is 2.00. The number of hydrogen-bond donors (Lipinski definition) is 0. The number of carbonyl (C=O) groups excluding carboxylic acids is 1. The number of benzene rings is 1. The molecule has 0 aromatic heterocycles. The largest absolute Gasteiger partial charge is 0.305 e. The van der Waals surface area contributed by atoms with Gasteiger partial charge in [-0.3, -0.25) is 9.69 Å². The summed E-state index contributed by atoms with van der Waals surface area (Å²) in [6, 6.07) is 5.03. The maximum Gasteiger partial charge on any atom is 0.178 e. The fraction of sp³-hybridized carbons (Fsp3) is 0.500. The Kier molecular flexibility index (Phi) is 5.22. The molecule has 2 rings (SSSR count). The lowest BCUT2D eigenvalue weighted by molar-refractivity contribution is 0.0933. The predicted molar refractivity (Wildman–Crippen MR) is 79.3 cm³/mol. The van der Waals surface area contributed by atoms with E-state index in [4.69, 9.17) is 23.2 Å². The molecule has 0 atom stereocenters. The van der Waals surface area contributed by atoms with E-state index >= 15 is 0 Å². The average molecular weight is 301 g/mol. The van der Waals surface area contributed by atoms with E-state index < -0.39 is 0 Å². The van der Waals surface area contributed by atoms with Gasteiger partial charge in [-0.1, -0.05) is 23.2 Å². The highest BCUT2D eigenvalue weighted by Gasteiger charge is 2.17. The van der Waals surface area contributed by atoms with Gasteiger partial charge in [0.2, 0.25) is 0 Å². The van der Waals surface area contributed by atoms with Crippen LogP contribution in [0, 0.1) is 0 Å². The maximum absolute atomic E-state index is 12.3. The van der Waals surface area contributed by atoms with Gasteiger partial charge in [-0.05, 0) is 44.8 Å². The third-order valence-corrected chi connectivity index (χ3v) is 3.96. The summed E-state index contributed by atoms with van der Waals surface area (Å²) in [4.78, 5) is 16.7. The quantitative estimate of drug-likeness (QED) is 0.802. The van der Waals surface area contributed by atoms with Gasteiger partial charge >= 0.3 is 0 Å². The standard InChI is InChI=1S/C14H18Cl2N2O/c1-17-5-2-6-18(8-7-17)10-14(19)12-4-3-11(15)9-13(12)16/h3-4,9H,2,5-8,10H2,1H3. The van der Waals surface area contributed by atoms with Crippen molar-refractivity contribution in [1.82, 2.24) is 9.80 Å². The Morgan fingerprint density at radius 1 is 1.21 bits per heavy atom. The summed E-state index contributed by atoms with van der Waals surface area (Å²) in [5, 5.41) is 0.988. The van der Waals surface area contributed by atoms with Crippen LogP contribution in [0.2, 0.25) is 10.0 Å². The molecular formula is C14H18Cl2N2O. The molecule has 0 amide bonds. The van der Waals surface area contributed by atoms with Gasteiger partial charge in [-0.2, -0.15) is 0 Å². The summed E-state index contributed by atoms with van der Waals surface area (Å²) in [6.07, 6.45) is 1.10. The van der Waals surface area contributed by atoms with Crippen molar-refractivity contribution >= 4 is 29.0 Å². The average Bonchev–Trinajstić information content (AvgIpc) is 2.54. The first-order valence-corrected chi connectivity index (χ1v) is 7.21. The lowest BCUT2D eigenvalue weighted by Crippen LogP contribution is -2.33. The van der Waals surface area contributed by atoms with E-state index in [1.165, 1.54) is 0 Å². The van der Waals surface area contributed by atoms with E-state index in [1.54, 1.807) is 18.2 Å². The van der Waals surface area contributed by atoms with Crippen molar-refractivity contribution < 1.29 is 4.79 Å². The molecule has 0 spiro atoms. The van der Waals surface area contributed by atoms with Crippen molar-refractivity contribution in [3.63, 3.8) is 0 Å². The zero-order chi connectivity index (χ0) is 13.8. The molecule has 0 unspecified atom stereocenters. The number of likely N-dealkylation sites (N-methyl/N-ethyl adjacent to an activating group) is 1. The lowest BCUT2D eigenvalue weighted by Gasteiger charge is -2.19. The zero-order valence-electron chi connectivity index (χ0n) is 11.0. The maximum atomic E-state index is 12.3. The van der Waals surface area contributed by atoms with Crippen molar-refractivity contribution in [2.75, 3.05) is 39.8 Å². The highest BCUT2D eigenvalue weighted by molar-refractivity contribution is 6.36. The van der Waals surface area contributed by atoms with Crippen molar-refractivity contribution in [1.29, 1.82) is 0 Å². The molecule has 104 valence electrons. The normalized spacial score (nSPS) is 18.3. The lowest BCUT2D eigenvalue weighted by atomic mass is 10.1. The SMILES string of the molecule is CN1CCCN(CC(=O)c2ccc(Cl)cc2Cl)CC1. The molecule has 0 bridgehead atoms. The van der Waals surface area contributed by atoms with Gasteiger partial charge in [0.25, 0.3) is 0 Å². The highest BCUT2D eigenvalue weighted by atomic mass is 35.5. The van der Waals surface area contributed by atoms with Gasteiger partial charge in [0, 0.05) is 23.7 Å². The van der Waals surface area contributed by atoms with Crippen LogP contribution in [0.3, 0.4) is 0 Å². The van der Waals surface area contributed by atoms with Gasteiger partial charge in [-0.15, -0.1) is 0 Å². The second kappa shape index (κ2) is 6.71. The van der Waals surface area contributed by atoms with E-state index in [0.717, 1.165) is 32.6 Å². The molecule has 3 nitrogen and oxygen atoms in total. The molecular weight excluding hydrogens is 283 g/mol. The van der Waals surface area contributed by atoms with Crippen LogP contribution in [-0.4, -0.2) is 55.4 Å². The zero-order valence-corrected chi connectivity index (χ0v) is 12.5. The van der Waals surface area contributed by atoms with E-state index in [-0.39, 0.29) is 5.78 Å². The fourth-order valence-corrected chi connectivity index (χ4v) is 2.78. The molecule has 1 aliphatic rings. The van der Waals surface area contributed by atoms with E-state index in [0.29, 0.717) is 22.2 Å². The molecule has 1 fully saturated rings. The van der Waals surface area contributed by atoms with Crippen LogP contribution >= 0.6 is 23.2 Å². The minimum absolute atomic E-state index is 0.0613. The van der Waals surface area contributed by atoms with Crippen LogP contribution in [0.25, 0.3) is 0 Å². The Morgan fingerprint density at radius 2 is 2.00 bits per heavy atom. The summed E-state index contributed by atoms with van der Waals surface area (Å²) in [5.74, 6) is 0.0613. The molecule has 1 saturated heterocycles. The number of halogens is 2. The molecule has 0 radical (unpaired) electrons. The van der Waals surface area contributed by atoms with Gasteiger partial charge < -0.3 is 4.90 Å². The van der Waals surface area contributed by atoms with Crippen LogP contribution < -0.4 is 0 Å². The van der Waals surface area contributed by atoms with Crippen molar-refractivity contribution in [2.45, 2.75) is 6.42 Å². The number of carbonyl (C=O) groups is 1. The Hall–Kier alpha value is -0.610. The number of nitrogens with zero attached hydrogens (tertiary/aromatic N) is 2. The molecule has 1 aromatic rings. The summed E-state index contributed by atoms with van der Waals surface area (Å²) in [6.45, 7) is 4.40. The van der Waals surface area contributed by atoms with Crippen molar-refractivity contribution in [3.05, 3.63) is 33.8 Å². The van der Waals surface area contributed by atoms with Crippen LogP contribution in [0.1, 0.15) is 16.8 Å². The van der Waals surface area contributed by atoms with Gasteiger partial charge in [0.05, 0.1) is 11.6 Å². The second-order valence-electron chi connectivity index (χ2n) is 4.98. The van der Waals surface area contributed by atoms with Crippen LogP contribution in [0.5, 0.6) is 0 Å². The first-order chi connectivity index (χ1) is 9.06. The molecule has 1 aromatic carbocycles. The number of hydrogen-bond acceptors (Lipinski definition) is 3. The minimum atomic E-state index is 0.0613. The first kappa shape index (κ1) is 14.8. The molecule has 0 aliphatic carbocycles. The third-order valence-electron chi connectivity index (χ3n) is 3.41. The first-order valence-electron chi connectivity index (χ1n) is 6.45. The van der Waals surface area contributed by atoms with Crippen LogP contribution in [-0.2, 0) is 0 Å². The molecule has 19 heavy (non-hydrogen) atoms. The van der Waals surface area contributed by atoms with Crippen molar-refractivity contribution in [3.8, 4) is 0 Å². The van der Waals surface area contributed by atoms with E-state index in [2.05, 4.69) is 16.8 Å². The molecule has 5 heteroatoms. The van der Waals surface area contributed by atoms with Crippen molar-refractivity contribution in [2.24, 2.45) is 0 Å². The van der Waals surface area contributed by atoms with Crippen LogP contribution in [0.15, 0.2) is 18.2 Å². The Morgan fingerprint density at radius 3 is 2.74 bits per heavy atom. The Bertz CT molecular complexity index is 465. The number of ketones is 1. The van der Waals surface area contributed by atoms with Gasteiger partial charge in [-0.25, -0.2) is 0 Å². The van der Waals surface area contributed by atoms with Gasteiger partial charge in [0.1, 0.15) is 0 Å². The summed E-state index contributed by atoms with van der Waals surface area (Å²) < 4.78 is 0. The third kappa shape index (κ3) is 4.18. The molecule has 1 aliphatic heterocycles. The second-order valence-corrected chi connectivity index (χ2v) is 5.82. The highest BCUT2D eigenvalue weighted by Crippen LogP contribution is 2.21. The number of rotatable bonds is 3. The monoisotopic (exact) mass is 300 g/mol. The fourth-order valence-electron chi connectivity index (χ4n) is 2.26. The minimum Gasteiger partial charge on any atom is -0.305 e. The Labute approximate surface area is 124 Å². The smallest absolute Gasteiger partial charge is 0.178 e. The molecule has 0 saturated carbocycles. The summed E-state index contributed by atoms with van der Waals surface area (Å²) in [7, 11) is 2.11. The summed E-state index contributed by atoms with van der Waals surface area (Å²) >= 11 is 11.9. The van der Waals surface area contributed by atoms with Crippen LogP contribution in [0.4, 0.5) is 0 Å². The summed E-state index contributed by atoms with van der Waals surface area (Å²) in [5.41, 5.74) is 0.559. The molecule has 0 N–H and O–H groups in total. The molecule has 1 heterocycles. The number of Topliss-reactive ketones (excluding diaryl/α,β-unsaturated/α-hetero) is 1.